The fourth-order valence-corrected chi connectivity index (χ4v) is 1.70. The monoisotopic (exact) mass is 279 g/mol. The first-order chi connectivity index (χ1) is 9.54. The maximum atomic E-state index is 11.9. The van der Waals surface area contributed by atoms with Crippen LogP contribution in [-0.2, 0) is 0 Å². The number of rotatable bonds is 8. The molecule has 0 aromatic heterocycles. The van der Waals surface area contributed by atoms with Gasteiger partial charge in [-0.05, 0) is 45.1 Å². The highest BCUT2D eigenvalue weighted by Crippen LogP contribution is 2.23. The van der Waals surface area contributed by atoms with E-state index >= 15 is 0 Å². The van der Waals surface area contributed by atoms with Gasteiger partial charge < -0.3 is 20.7 Å². The van der Waals surface area contributed by atoms with Gasteiger partial charge in [0.1, 0.15) is 5.75 Å². The molecule has 0 saturated heterocycles. The highest BCUT2D eigenvalue weighted by Gasteiger charge is 2.08. The van der Waals surface area contributed by atoms with E-state index in [9.17, 15) is 4.79 Å². The minimum Gasteiger partial charge on any atom is -0.491 e. The van der Waals surface area contributed by atoms with Crippen molar-refractivity contribution in [1.29, 1.82) is 0 Å². The van der Waals surface area contributed by atoms with Crippen LogP contribution in [0.3, 0.4) is 0 Å². The maximum Gasteiger partial charge on any atom is 0.251 e. The van der Waals surface area contributed by atoms with Crippen molar-refractivity contribution >= 4 is 11.6 Å². The number of ether oxygens (including phenoxy) is 1. The van der Waals surface area contributed by atoms with Crippen molar-refractivity contribution in [1.82, 2.24) is 10.2 Å². The number of anilines is 1. The van der Waals surface area contributed by atoms with Crippen LogP contribution in [-0.4, -0.2) is 44.6 Å². The fourth-order valence-electron chi connectivity index (χ4n) is 1.70. The molecule has 112 valence electrons. The summed E-state index contributed by atoms with van der Waals surface area (Å²) in [5.74, 6) is 0.484. The average molecular weight is 279 g/mol. The SMILES string of the molecule is CCCNC(=O)c1ccc(N)c(OCCCN(C)C)c1. The van der Waals surface area contributed by atoms with Gasteiger partial charge in [-0.25, -0.2) is 0 Å². The van der Waals surface area contributed by atoms with E-state index in [0.29, 0.717) is 30.2 Å². The van der Waals surface area contributed by atoms with Crippen LogP contribution >= 0.6 is 0 Å². The molecule has 5 heteroatoms. The van der Waals surface area contributed by atoms with Gasteiger partial charge in [-0.1, -0.05) is 6.92 Å². The average Bonchev–Trinajstić information content (AvgIpc) is 2.42. The predicted molar refractivity (Wildman–Crippen MR) is 82.1 cm³/mol. The first-order valence-corrected chi connectivity index (χ1v) is 6.99. The standard InChI is InChI=1S/C15H25N3O2/c1-4-8-17-15(19)12-6-7-13(16)14(11-12)20-10-5-9-18(2)3/h6-7,11H,4-5,8-10,16H2,1-3H3,(H,17,19). The molecule has 1 amide bonds. The van der Waals surface area contributed by atoms with Crippen LogP contribution in [0, 0.1) is 0 Å². The Morgan fingerprint density at radius 1 is 1.40 bits per heavy atom. The van der Waals surface area contributed by atoms with Crippen molar-refractivity contribution < 1.29 is 9.53 Å². The lowest BCUT2D eigenvalue weighted by molar-refractivity contribution is 0.0953. The van der Waals surface area contributed by atoms with Gasteiger partial charge in [-0.15, -0.1) is 0 Å². The van der Waals surface area contributed by atoms with Crippen LogP contribution in [0.5, 0.6) is 5.75 Å². The van der Waals surface area contributed by atoms with E-state index in [1.807, 2.05) is 21.0 Å². The number of nitrogen functional groups attached to an aromatic ring is 1. The molecule has 0 saturated carbocycles. The van der Waals surface area contributed by atoms with Crippen molar-refractivity contribution in [3.63, 3.8) is 0 Å². The lowest BCUT2D eigenvalue weighted by atomic mass is 10.1. The van der Waals surface area contributed by atoms with Crippen LogP contribution in [0.2, 0.25) is 0 Å². The first kappa shape index (κ1) is 16.3. The molecule has 0 radical (unpaired) electrons. The quantitative estimate of drug-likeness (QED) is 0.562. The number of amides is 1. The summed E-state index contributed by atoms with van der Waals surface area (Å²) in [4.78, 5) is 14.0. The Hall–Kier alpha value is -1.75. The number of nitrogens with two attached hydrogens (primary N) is 1. The second-order valence-electron chi connectivity index (χ2n) is 5.01. The van der Waals surface area contributed by atoms with Gasteiger partial charge in [-0.3, -0.25) is 4.79 Å². The van der Waals surface area contributed by atoms with E-state index < -0.39 is 0 Å². The van der Waals surface area contributed by atoms with Crippen LogP contribution in [0.4, 0.5) is 5.69 Å². The van der Waals surface area contributed by atoms with Gasteiger partial charge in [-0.2, -0.15) is 0 Å². The molecular weight excluding hydrogens is 254 g/mol. The number of nitrogens with one attached hydrogen (secondary N) is 1. The largest absolute Gasteiger partial charge is 0.491 e. The van der Waals surface area contributed by atoms with Gasteiger partial charge in [0.25, 0.3) is 5.91 Å². The summed E-state index contributed by atoms with van der Waals surface area (Å²) in [5, 5.41) is 2.84. The van der Waals surface area contributed by atoms with Crippen molar-refractivity contribution in [2.45, 2.75) is 19.8 Å². The van der Waals surface area contributed by atoms with Crippen LogP contribution in [0.15, 0.2) is 18.2 Å². The number of benzene rings is 1. The number of nitrogens with zero attached hydrogens (tertiary/aromatic N) is 1. The van der Waals surface area contributed by atoms with Crippen LogP contribution < -0.4 is 15.8 Å². The smallest absolute Gasteiger partial charge is 0.251 e. The summed E-state index contributed by atoms with van der Waals surface area (Å²) in [6.45, 7) is 4.23. The third-order valence-electron chi connectivity index (χ3n) is 2.82. The van der Waals surface area contributed by atoms with Gasteiger partial charge in [0.15, 0.2) is 0 Å². The molecule has 20 heavy (non-hydrogen) atoms. The second kappa shape index (κ2) is 8.43. The molecule has 0 heterocycles. The fraction of sp³-hybridized carbons (Fsp3) is 0.533. The van der Waals surface area contributed by atoms with Gasteiger partial charge >= 0.3 is 0 Å². The van der Waals surface area contributed by atoms with Gasteiger partial charge in [0.2, 0.25) is 0 Å². The molecule has 3 N–H and O–H groups in total. The minimum absolute atomic E-state index is 0.0926. The summed E-state index contributed by atoms with van der Waals surface area (Å²) in [7, 11) is 4.04. The Kier molecular flexibility index (Phi) is 6.87. The lowest BCUT2D eigenvalue weighted by Crippen LogP contribution is -2.24. The molecule has 0 bridgehead atoms. The van der Waals surface area contributed by atoms with Crippen LogP contribution in [0.1, 0.15) is 30.1 Å². The summed E-state index contributed by atoms with van der Waals surface area (Å²) in [6.07, 6.45) is 1.83. The number of carbonyl (C=O) groups is 1. The zero-order chi connectivity index (χ0) is 15.0. The Labute approximate surface area is 121 Å². The molecule has 0 aliphatic rings. The summed E-state index contributed by atoms with van der Waals surface area (Å²) in [5.41, 5.74) is 7.00. The van der Waals surface area contributed by atoms with E-state index in [4.69, 9.17) is 10.5 Å². The molecule has 1 aromatic carbocycles. The molecule has 0 atom stereocenters. The molecule has 0 unspecified atom stereocenters. The van der Waals surface area contributed by atoms with Crippen molar-refractivity contribution in [3.05, 3.63) is 23.8 Å². The third kappa shape index (κ3) is 5.48. The Morgan fingerprint density at radius 3 is 2.80 bits per heavy atom. The predicted octanol–water partition coefficient (Wildman–Crippen LogP) is 1.74. The van der Waals surface area contributed by atoms with E-state index in [2.05, 4.69) is 10.2 Å². The molecule has 1 aromatic rings. The Bertz CT molecular complexity index is 433. The molecule has 1 rings (SSSR count). The first-order valence-electron chi connectivity index (χ1n) is 6.99. The van der Waals surface area contributed by atoms with E-state index in [1.165, 1.54) is 0 Å². The third-order valence-corrected chi connectivity index (χ3v) is 2.82. The van der Waals surface area contributed by atoms with Crippen LogP contribution in [0.25, 0.3) is 0 Å². The minimum atomic E-state index is -0.0926. The zero-order valence-electron chi connectivity index (χ0n) is 12.6. The maximum absolute atomic E-state index is 11.9. The zero-order valence-corrected chi connectivity index (χ0v) is 12.6. The molecule has 0 aliphatic carbocycles. The number of carbonyl (C=O) groups excluding carboxylic acids is 1. The van der Waals surface area contributed by atoms with Crippen molar-refractivity contribution in [3.8, 4) is 5.75 Å². The van der Waals surface area contributed by atoms with Crippen molar-refractivity contribution in [2.75, 3.05) is 39.5 Å². The summed E-state index contributed by atoms with van der Waals surface area (Å²) < 4.78 is 5.65. The Balaban J connectivity index is 2.59. The molecule has 5 nitrogen and oxygen atoms in total. The summed E-state index contributed by atoms with van der Waals surface area (Å²) >= 11 is 0. The number of hydrogen-bond acceptors (Lipinski definition) is 4. The number of hydrogen-bond donors (Lipinski definition) is 2. The van der Waals surface area contributed by atoms with Crippen molar-refractivity contribution in [2.24, 2.45) is 0 Å². The molecular formula is C15H25N3O2. The summed E-state index contributed by atoms with van der Waals surface area (Å²) in [6, 6.07) is 5.13. The van der Waals surface area contributed by atoms with Gasteiger partial charge in [0.05, 0.1) is 12.3 Å². The Morgan fingerprint density at radius 2 is 2.15 bits per heavy atom. The molecule has 0 spiro atoms. The molecule has 0 fully saturated rings. The van der Waals surface area contributed by atoms with E-state index in [0.717, 1.165) is 19.4 Å². The van der Waals surface area contributed by atoms with E-state index in [-0.39, 0.29) is 5.91 Å². The lowest BCUT2D eigenvalue weighted by Gasteiger charge is -2.12. The highest BCUT2D eigenvalue weighted by atomic mass is 16.5. The topological polar surface area (TPSA) is 67.6 Å². The highest BCUT2D eigenvalue weighted by molar-refractivity contribution is 5.95. The second-order valence-corrected chi connectivity index (χ2v) is 5.01. The normalized spacial score (nSPS) is 10.6. The van der Waals surface area contributed by atoms with E-state index in [1.54, 1.807) is 18.2 Å². The molecule has 0 aliphatic heterocycles. The van der Waals surface area contributed by atoms with Gasteiger partial charge in [0, 0.05) is 18.7 Å².